The Bertz CT molecular complexity index is 1060. The molecule has 0 fully saturated rings. The van der Waals surface area contributed by atoms with Crippen LogP contribution in [0, 0.1) is 0 Å². The molecule has 6 heteroatoms. The number of hydrogen-bond acceptors (Lipinski definition) is 4. The summed E-state index contributed by atoms with van der Waals surface area (Å²) in [5.74, 6) is 1.26. The summed E-state index contributed by atoms with van der Waals surface area (Å²) in [5.41, 5.74) is 4.61. The molecule has 0 radical (unpaired) electrons. The largest absolute Gasteiger partial charge is 0.497 e. The molecule has 1 aliphatic carbocycles. The third-order valence-corrected chi connectivity index (χ3v) is 5.67. The van der Waals surface area contributed by atoms with Gasteiger partial charge in [-0.3, -0.25) is 9.48 Å². The van der Waals surface area contributed by atoms with Crippen LogP contribution in [0.4, 0.5) is 0 Å². The van der Waals surface area contributed by atoms with Crippen LogP contribution in [0.25, 0.3) is 11.3 Å². The number of nitrogens with one attached hydrogen (secondary N) is 1. The Kier molecular flexibility index (Phi) is 5.74. The molecule has 0 spiro atoms. The van der Waals surface area contributed by atoms with Gasteiger partial charge in [-0.15, -0.1) is 0 Å². The van der Waals surface area contributed by atoms with Crippen molar-refractivity contribution in [1.29, 1.82) is 0 Å². The first-order valence-corrected chi connectivity index (χ1v) is 10.3. The summed E-state index contributed by atoms with van der Waals surface area (Å²) >= 11 is 0. The Labute approximate surface area is 176 Å². The quantitative estimate of drug-likeness (QED) is 0.660. The number of carbonyl (C=O) groups excluding carboxylic acids is 1. The van der Waals surface area contributed by atoms with E-state index < -0.39 is 0 Å². The van der Waals surface area contributed by atoms with Gasteiger partial charge in [0.05, 0.1) is 26.0 Å². The van der Waals surface area contributed by atoms with Gasteiger partial charge in [-0.25, -0.2) is 0 Å². The molecule has 0 aliphatic heterocycles. The number of methoxy groups -OCH3 is 2. The first-order valence-electron chi connectivity index (χ1n) is 10.3. The van der Waals surface area contributed by atoms with Crippen LogP contribution >= 0.6 is 0 Å². The van der Waals surface area contributed by atoms with Crippen molar-refractivity contribution in [2.75, 3.05) is 14.2 Å². The number of rotatable bonds is 6. The Morgan fingerprint density at radius 2 is 2.00 bits per heavy atom. The zero-order valence-electron chi connectivity index (χ0n) is 17.6. The standard InChI is InChI=1S/C24H27N3O3/c1-4-27-22(15-21(26-27)19-13-12-17(29-2)14-23(19)30-3)24(28)25-20-11-7-9-16-8-5-6-10-18(16)20/h5-6,8,10,12-15,20H,4,7,9,11H2,1-3H3,(H,25,28). The van der Waals surface area contributed by atoms with Crippen molar-refractivity contribution in [3.8, 4) is 22.8 Å². The number of nitrogens with zero attached hydrogens (tertiary/aromatic N) is 2. The molecule has 0 saturated carbocycles. The maximum atomic E-state index is 13.2. The molecule has 156 valence electrons. The highest BCUT2D eigenvalue weighted by Gasteiger charge is 2.24. The molecular formula is C24H27N3O3. The zero-order chi connectivity index (χ0) is 21.1. The van der Waals surface area contributed by atoms with E-state index >= 15 is 0 Å². The van der Waals surface area contributed by atoms with Crippen molar-refractivity contribution in [1.82, 2.24) is 15.1 Å². The average molecular weight is 405 g/mol. The van der Waals surface area contributed by atoms with Crippen LogP contribution in [0.15, 0.2) is 48.5 Å². The number of aromatic nitrogens is 2. The highest BCUT2D eigenvalue weighted by atomic mass is 16.5. The van der Waals surface area contributed by atoms with Crippen LogP contribution in [0.5, 0.6) is 11.5 Å². The van der Waals surface area contributed by atoms with E-state index in [9.17, 15) is 4.79 Å². The van der Waals surface area contributed by atoms with Crippen LogP contribution < -0.4 is 14.8 Å². The van der Waals surface area contributed by atoms with E-state index in [0.717, 1.165) is 24.8 Å². The highest BCUT2D eigenvalue weighted by molar-refractivity contribution is 5.94. The summed E-state index contributed by atoms with van der Waals surface area (Å²) < 4.78 is 12.5. The van der Waals surface area contributed by atoms with Gasteiger partial charge in [0.1, 0.15) is 17.2 Å². The minimum atomic E-state index is -0.107. The summed E-state index contributed by atoms with van der Waals surface area (Å²) in [6, 6.07) is 15.8. The SMILES string of the molecule is CCn1nc(-c2ccc(OC)cc2OC)cc1C(=O)NC1CCCc2ccccc21. The van der Waals surface area contributed by atoms with Gasteiger partial charge in [-0.1, -0.05) is 24.3 Å². The van der Waals surface area contributed by atoms with Gasteiger partial charge in [-0.2, -0.15) is 5.10 Å². The second-order valence-electron chi connectivity index (χ2n) is 7.41. The lowest BCUT2D eigenvalue weighted by Crippen LogP contribution is -2.32. The van der Waals surface area contributed by atoms with Gasteiger partial charge in [0.15, 0.2) is 0 Å². The molecule has 3 aromatic rings. The monoisotopic (exact) mass is 405 g/mol. The Balaban J connectivity index is 1.63. The lowest BCUT2D eigenvalue weighted by atomic mass is 9.87. The third-order valence-electron chi connectivity index (χ3n) is 5.67. The van der Waals surface area contributed by atoms with Crippen molar-refractivity contribution >= 4 is 5.91 Å². The maximum absolute atomic E-state index is 13.2. The van der Waals surface area contributed by atoms with Gasteiger partial charge in [0.25, 0.3) is 5.91 Å². The zero-order valence-corrected chi connectivity index (χ0v) is 17.6. The van der Waals surface area contributed by atoms with E-state index in [0.29, 0.717) is 29.4 Å². The summed E-state index contributed by atoms with van der Waals surface area (Å²) in [4.78, 5) is 13.2. The van der Waals surface area contributed by atoms with Crippen LogP contribution in [-0.2, 0) is 13.0 Å². The minimum Gasteiger partial charge on any atom is -0.497 e. The molecule has 2 aromatic carbocycles. The predicted octanol–water partition coefficient (Wildman–Crippen LogP) is 4.39. The summed E-state index contributed by atoms with van der Waals surface area (Å²) in [7, 11) is 3.23. The second-order valence-corrected chi connectivity index (χ2v) is 7.41. The van der Waals surface area contributed by atoms with Gasteiger partial charge in [0, 0.05) is 18.2 Å². The maximum Gasteiger partial charge on any atom is 0.270 e. The van der Waals surface area contributed by atoms with Crippen molar-refractivity contribution < 1.29 is 14.3 Å². The fraction of sp³-hybridized carbons (Fsp3) is 0.333. The van der Waals surface area contributed by atoms with Crippen molar-refractivity contribution in [2.24, 2.45) is 0 Å². The Morgan fingerprint density at radius 1 is 1.17 bits per heavy atom. The molecule has 1 amide bonds. The Hall–Kier alpha value is -3.28. The van der Waals surface area contributed by atoms with E-state index in [1.807, 2.05) is 37.3 Å². The van der Waals surface area contributed by atoms with Gasteiger partial charge in [0.2, 0.25) is 0 Å². The number of benzene rings is 2. The number of ether oxygens (including phenoxy) is 2. The van der Waals surface area contributed by atoms with E-state index in [1.54, 1.807) is 18.9 Å². The number of fused-ring (bicyclic) bond motifs is 1. The van der Waals surface area contributed by atoms with Crippen molar-refractivity contribution in [2.45, 2.75) is 38.8 Å². The summed E-state index contributed by atoms with van der Waals surface area (Å²) in [5, 5.41) is 7.88. The summed E-state index contributed by atoms with van der Waals surface area (Å²) in [6.07, 6.45) is 3.09. The minimum absolute atomic E-state index is 0.0293. The number of amides is 1. The molecule has 30 heavy (non-hydrogen) atoms. The van der Waals surface area contributed by atoms with Crippen molar-refractivity contribution in [3.63, 3.8) is 0 Å². The first-order chi connectivity index (χ1) is 14.6. The molecule has 1 aliphatic rings. The van der Waals surface area contributed by atoms with Crippen LogP contribution in [0.3, 0.4) is 0 Å². The molecular weight excluding hydrogens is 378 g/mol. The predicted molar refractivity (Wildman–Crippen MR) is 116 cm³/mol. The first kappa shape index (κ1) is 20.0. The molecule has 1 unspecified atom stereocenters. The van der Waals surface area contributed by atoms with Gasteiger partial charge in [-0.05, 0) is 55.5 Å². The normalized spacial score (nSPS) is 15.4. The van der Waals surface area contributed by atoms with Gasteiger partial charge < -0.3 is 14.8 Å². The molecule has 1 heterocycles. The smallest absolute Gasteiger partial charge is 0.270 e. The molecule has 4 rings (SSSR count). The highest BCUT2D eigenvalue weighted by Crippen LogP contribution is 2.33. The van der Waals surface area contributed by atoms with E-state index in [4.69, 9.17) is 9.47 Å². The van der Waals surface area contributed by atoms with E-state index in [-0.39, 0.29) is 11.9 Å². The lowest BCUT2D eigenvalue weighted by molar-refractivity contribution is 0.0922. The number of hydrogen-bond donors (Lipinski definition) is 1. The molecule has 0 saturated heterocycles. The molecule has 1 N–H and O–H groups in total. The topological polar surface area (TPSA) is 65.4 Å². The third kappa shape index (κ3) is 3.77. The summed E-state index contributed by atoms with van der Waals surface area (Å²) in [6.45, 7) is 2.58. The van der Waals surface area contributed by atoms with Crippen molar-refractivity contribution in [3.05, 3.63) is 65.4 Å². The lowest BCUT2D eigenvalue weighted by Gasteiger charge is -2.26. The average Bonchev–Trinajstić information content (AvgIpc) is 3.23. The van der Waals surface area contributed by atoms with Gasteiger partial charge >= 0.3 is 0 Å². The molecule has 0 bridgehead atoms. The van der Waals surface area contributed by atoms with Crippen LogP contribution in [0.2, 0.25) is 0 Å². The van der Waals surface area contributed by atoms with Crippen LogP contribution in [-0.4, -0.2) is 29.9 Å². The second kappa shape index (κ2) is 8.61. The molecule has 6 nitrogen and oxygen atoms in total. The fourth-order valence-corrected chi connectivity index (χ4v) is 4.12. The number of aryl methyl sites for hydroxylation is 2. The van der Waals surface area contributed by atoms with E-state index in [2.05, 4.69) is 28.6 Å². The van der Waals surface area contributed by atoms with E-state index in [1.165, 1.54) is 11.1 Å². The molecule has 1 aromatic heterocycles. The Morgan fingerprint density at radius 3 is 2.77 bits per heavy atom. The fourth-order valence-electron chi connectivity index (χ4n) is 4.12. The molecule has 1 atom stereocenters. The number of carbonyl (C=O) groups is 1. The van der Waals surface area contributed by atoms with Crippen LogP contribution in [0.1, 0.15) is 47.4 Å².